The number of ether oxygens (including phenoxy) is 4. The quantitative estimate of drug-likeness (QED) is 0.181. The van der Waals surface area contributed by atoms with E-state index in [9.17, 15) is 27.9 Å². The molecule has 2 heterocycles. The van der Waals surface area contributed by atoms with Crippen LogP contribution in [0.25, 0.3) is 0 Å². The molecular formula is C31H35Cl2N3O11S. The summed E-state index contributed by atoms with van der Waals surface area (Å²) in [5.74, 6) is -3.24. The zero-order chi connectivity index (χ0) is 35.4. The van der Waals surface area contributed by atoms with Crippen LogP contribution in [0.3, 0.4) is 0 Å². The molecule has 1 fully saturated rings. The number of hydrogen-bond acceptors (Lipinski definition) is 12. The van der Waals surface area contributed by atoms with Crippen molar-refractivity contribution >= 4 is 56.9 Å². The molecule has 0 saturated carbocycles. The Kier molecular flexibility index (Phi) is 11.3. The van der Waals surface area contributed by atoms with Gasteiger partial charge in [0.1, 0.15) is 16.8 Å². The highest BCUT2D eigenvalue weighted by Gasteiger charge is 2.53. The number of benzene rings is 2. The normalized spacial score (nSPS) is 19.7. The maximum atomic E-state index is 13.2. The van der Waals surface area contributed by atoms with Crippen LogP contribution in [-0.2, 0) is 46.1 Å². The summed E-state index contributed by atoms with van der Waals surface area (Å²) in [6.07, 6.45) is -0.927. The maximum absolute atomic E-state index is 13.2. The Hall–Kier alpha value is -3.86. The van der Waals surface area contributed by atoms with Gasteiger partial charge in [0.2, 0.25) is 22.6 Å². The van der Waals surface area contributed by atoms with Crippen LogP contribution in [0, 0.1) is 0 Å². The molecule has 1 unspecified atom stereocenters. The van der Waals surface area contributed by atoms with E-state index >= 15 is 0 Å². The molecule has 1 aliphatic rings. The Bertz CT molecular complexity index is 1770. The number of nitrogens with one attached hydrogen (secondary N) is 1. The number of halogens is 2. The number of carbonyl (C=O) groups excluding carboxylic acids is 3. The second kappa shape index (κ2) is 14.7. The molecule has 48 heavy (non-hydrogen) atoms. The number of hydrogen-bond donors (Lipinski definition) is 3. The fraction of sp³-hybridized carbons (Fsp3) is 0.387. The molecule has 14 nitrogen and oxygen atoms in total. The standard InChI is InChI=1S/C31H35Cl2N3O11S/c1-18(47-28(38)23-13-26(48(34,41)42)24(33)14-25(23)35-15-22-9-6-10-43-22)11-27(37)44-17-45-29(39)36-19(2)31(40,46-16-30(36,3)4)20-7-5-8-21(32)12-20/h5-10,12-14,18-19,35,40H,11,15-17H2,1-4H3,(H2,34,41,42)/t18?,19-,31+/m0/s1. The van der Waals surface area contributed by atoms with Crippen molar-refractivity contribution in [3.8, 4) is 0 Å². The fourth-order valence-electron chi connectivity index (χ4n) is 5.10. The van der Waals surface area contributed by atoms with Gasteiger partial charge in [-0.3, -0.25) is 9.69 Å². The van der Waals surface area contributed by atoms with Crippen LogP contribution in [0.5, 0.6) is 0 Å². The summed E-state index contributed by atoms with van der Waals surface area (Å²) in [7, 11) is -4.30. The molecule has 260 valence electrons. The molecule has 1 saturated heterocycles. The smallest absolute Gasteiger partial charge is 0.413 e. The minimum Gasteiger partial charge on any atom is -0.467 e. The number of morpholine rings is 1. The van der Waals surface area contributed by atoms with E-state index in [1.807, 2.05) is 0 Å². The lowest BCUT2D eigenvalue weighted by Gasteiger charge is -2.52. The SMILES string of the molecule is CC(CC(=O)OCOC(=O)N1[C@@H](C)[C@](O)(c2cccc(Cl)c2)OCC1(C)C)OC(=O)c1cc(S(N)(=O)=O)c(Cl)cc1NCc1ccco1. The Labute approximate surface area is 287 Å². The van der Waals surface area contributed by atoms with Crippen molar-refractivity contribution < 1.29 is 51.3 Å². The summed E-state index contributed by atoms with van der Waals surface area (Å²) in [5, 5.41) is 19.7. The number of furan rings is 1. The van der Waals surface area contributed by atoms with E-state index in [1.54, 1.807) is 51.1 Å². The number of aliphatic hydroxyl groups is 1. The van der Waals surface area contributed by atoms with E-state index in [4.69, 9.17) is 51.7 Å². The monoisotopic (exact) mass is 727 g/mol. The molecule has 3 aromatic rings. The van der Waals surface area contributed by atoms with E-state index in [0.29, 0.717) is 16.3 Å². The molecular weight excluding hydrogens is 693 g/mol. The predicted octanol–water partition coefficient (Wildman–Crippen LogP) is 4.76. The molecule has 0 radical (unpaired) electrons. The zero-order valence-electron chi connectivity index (χ0n) is 26.4. The minimum atomic E-state index is -4.30. The van der Waals surface area contributed by atoms with Crippen molar-refractivity contribution in [3.05, 3.63) is 81.7 Å². The molecule has 17 heteroatoms. The maximum Gasteiger partial charge on any atom is 0.413 e. The lowest BCUT2D eigenvalue weighted by Crippen LogP contribution is -2.66. The van der Waals surface area contributed by atoms with Crippen molar-refractivity contribution in [1.29, 1.82) is 0 Å². The Morgan fingerprint density at radius 1 is 1.15 bits per heavy atom. The first-order valence-electron chi connectivity index (χ1n) is 14.5. The van der Waals surface area contributed by atoms with Gasteiger partial charge in [0.25, 0.3) is 0 Å². The predicted molar refractivity (Wildman–Crippen MR) is 172 cm³/mol. The largest absolute Gasteiger partial charge is 0.467 e. The van der Waals surface area contributed by atoms with Gasteiger partial charge in [0.05, 0.1) is 53.7 Å². The Morgan fingerprint density at radius 2 is 1.88 bits per heavy atom. The molecule has 0 bridgehead atoms. The van der Waals surface area contributed by atoms with Crippen LogP contribution in [0.1, 0.15) is 55.8 Å². The van der Waals surface area contributed by atoms with Crippen molar-refractivity contribution in [2.24, 2.45) is 5.14 Å². The molecule has 4 rings (SSSR count). The summed E-state index contributed by atoms with van der Waals surface area (Å²) in [5.41, 5.74) is -0.669. The highest BCUT2D eigenvalue weighted by atomic mass is 35.5. The van der Waals surface area contributed by atoms with Crippen LogP contribution in [0.2, 0.25) is 10.0 Å². The van der Waals surface area contributed by atoms with Gasteiger partial charge in [-0.1, -0.05) is 35.3 Å². The van der Waals surface area contributed by atoms with Crippen molar-refractivity contribution in [2.45, 2.75) is 69.0 Å². The Morgan fingerprint density at radius 3 is 2.52 bits per heavy atom. The topological polar surface area (TPSA) is 197 Å². The molecule has 0 aliphatic carbocycles. The third kappa shape index (κ3) is 8.59. The molecule has 2 aromatic carbocycles. The molecule has 0 spiro atoms. The summed E-state index contributed by atoms with van der Waals surface area (Å²) >= 11 is 12.2. The van der Waals surface area contributed by atoms with Gasteiger partial charge in [-0.2, -0.15) is 0 Å². The number of rotatable bonds is 11. The zero-order valence-corrected chi connectivity index (χ0v) is 28.7. The third-order valence-electron chi connectivity index (χ3n) is 7.48. The second-order valence-corrected chi connectivity index (χ2v) is 14.0. The number of esters is 2. The van der Waals surface area contributed by atoms with Gasteiger partial charge < -0.3 is 33.8 Å². The molecule has 1 aromatic heterocycles. The highest BCUT2D eigenvalue weighted by molar-refractivity contribution is 7.89. The fourth-order valence-corrected chi connectivity index (χ4v) is 6.39. The van der Waals surface area contributed by atoms with Gasteiger partial charge in [-0.15, -0.1) is 0 Å². The lowest BCUT2D eigenvalue weighted by molar-refractivity contribution is -0.295. The van der Waals surface area contributed by atoms with Crippen molar-refractivity contribution in [1.82, 2.24) is 4.90 Å². The van der Waals surface area contributed by atoms with Crippen molar-refractivity contribution in [3.63, 3.8) is 0 Å². The number of nitrogens with two attached hydrogens (primary N) is 1. The number of sulfonamides is 1. The highest BCUT2D eigenvalue weighted by Crippen LogP contribution is 2.40. The van der Waals surface area contributed by atoms with Crippen LogP contribution in [0.4, 0.5) is 10.5 Å². The number of anilines is 1. The first kappa shape index (κ1) is 37.0. The summed E-state index contributed by atoms with van der Waals surface area (Å²) < 4.78 is 50.8. The van der Waals surface area contributed by atoms with Crippen LogP contribution in [0.15, 0.2) is 64.1 Å². The molecule has 4 N–H and O–H groups in total. The molecule has 3 atom stereocenters. The first-order chi connectivity index (χ1) is 22.4. The second-order valence-electron chi connectivity index (χ2n) is 11.6. The van der Waals surface area contributed by atoms with E-state index < -0.39 is 69.6 Å². The number of primary sulfonamides is 1. The van der Waals surface area contributed by atoms with Crippen LogP contribution in [-0.4, -0.2) is 67.5 Å². The summed E-state index contributed by atoms with van der Waals surface area (Å²) in [6, 6.07) is 11.0. The van der Waals surface area contributed by atoms with Gasteiger partial charge in [0.15, 0.2) is 0 Å². The van der Waals surface area contributed by atoms with Gasteiger partial charge in [0, 0.05) is 10.6 Å². The third-order valence-corrected chi connectivity index (χ3v) is 9.09. The van der Waals surface area contributed by atoms with E-state index in [2.05, 4.69) is 5.32 Å². The summed E-state index contributed by atoms with van der Waals surface area (Å²) in [4.78, 5) is 39.6. The van der Waals surface area contributed by atoms with Crippen molar-refractivity contribution in [2.75, 3.05) is 18.7 Å². The molecule has 1 amide bonds. The van der Waals surface area contributed by atoms with Crippen LogP contribution >= 0.6 is 23.2 Å². The molecule has 1 aliphatic heterocycles. The number of carbonyl (C=O) groups is 3. The van der Waals surface area contributed by atoms with E-state index in [-0.39, 0.29) is 29.4 Å². The van der Waals surface area contributed by atoms with E-state index in [0.717, 1.165) is 6.07 Å². The number of amides is 1. The minimum absolute atomic E-state index is 0.0511. The van der Waals surface area contributed by atoms with Gasteiger partial charge in [-0.05, 0) is 64.1 Å². The summed E-state index contributed by atoms with van der Waals surface area (Å²) in [6.45, 7) is 5.72. The van der Waals surface area contributed by atoms with Gasteiger partial charge in [-0.25, -0.2) is 23.1 Å². The number of nitrogens with zero attached hydrogens (tertiary/aromatic N) is 1. The Balaban J connectivity index is 1.36. The van der Waals surface area contributed by atoms with Gasteiger partial charge >= 0.3 is 18.0 Å². The van der Waals surface area contributed by atoms with Crippen LogP contribution < -0.4 is 10.5 Å². The average Bonchev–Trinajstić information content (AvgIpc) is 3.51. The van der Waals surface area contributed by atoms with E-state index in [1.165, 1.54) is 30.2 Å². The first-order valence-corrected chi connectivity index (χ1v) is 16.8. The average molecular weight is 729 g/mol. The lowest BCUT2D eigenvalue weighted by atomic mass is 9.90.